The summed E-state index contributed by atoms with van der Waals surface area (Å²) in [6.07, 6.45) is 0. The Bertz CT molecular complexity index is 159. The summed E-state index contributed by atoms with van der Waals surface area (Å²) >= 11 is 4.28. The van der Waals surface area contributed by atoms with Crippen molar-refractivity contribution in [1.82, 2.24) is 4.90 Å². The molecule has 0 rings (SSSR count). The van der Waals surface area contributed by atoms with Crippen molar-refractivity contribution in [2.24, 2.45) is 4.99 Å². The second-order valence-corrected chi connectivity index (χ2v) is 1.84. The summed E-state index contributed by atoms with van der Waals surface area (Å²) in [7, 11) is 0. The Morgan fingerprint density at radius 3 is 2.40 bits per heavy atom. The third-order valence-corrected chi connectivity index (χ3v) is 1.27. The van der Waals surface area contributed by atoms with E-state index in [1.54, 1.807) is 4.90 Å². The van der Waals surface area contributed by atoms with Gasteiger partial charge in [-0.3, -0.25) is 0 Å². The highest BCUT2D eigenvalue weighted by atomic mass is 32.1. The summed E-state index contributed by atoms with van der Waals surface area (Å²) in [5, 5.41) is 2.03. The first kappa shape index (κ1) is 9.27. The molecule has 0 aliphatic rings. The lowest BCUT2D eigenvalue weighted by molar-refractivity contribution is 0.214. The SMILES string of the molecule is CCN(CC)C(=O)N=C=S. The van der Waals surface area contributed by atoms with Gasteiger partial charge in [0.1, 0.15) is 0 Å². The van der Waals surface area contributed by atoms with Gasteiger partial charge < -0.3 is 4.90 Å². The van der Waals surface area contributed by atoms with E-state index in [0.29, 0.717) is 13.1 Å². The molecule has 0 spiro atoms. The maximum absolute atomic E-state index is 10.8. The lowest BCUT2D eigenvalue weighted by Crippen LogP contribution is -2.27. The van der Waals surface area contributed by atoms with Crippen LogP contribution in [0.25, 0.3) is 0 Å². The number of nitrogens with zero attached hydrogens (tertiary/aromatic N) is 2. The van der Waals surface area contributed by atoms with Crippen molar-refractivity contribution in [1.29, 1.82) is 0 Å². The Kier molecular flexibility index (Phi) is 4.72. The number of amides is 2. The molecule has 0 saturated heterocycles. The molecule has 0 aliphatic carbocycles. The van der Waals surface area contributed by atoms with E-state index in [4.69, 9.17) is 0 Å². The lowest BCUT2D eigenvalue weighted by Gasteiger charge is -2.13. The van der Waals surface area contributed by atoms with Gasteiger partial charge in [0.2, 0.25) is 0 Å². The summed E-state index contributed by atoms with van der Waals surface area (Å²) in [5.74, 6) is 0. The number of urea groups is 1. The van der Waals surface area contributed by atoms with E-state index < -0.39 is 0 Å². The van der Waals surface area contributed by atoms with Crippen LogP contribution in [0.15, 0.2) is 4.99 Å². The van der Waals surface area contributed by atoms with Gasteiger partial charge in [-0.05, 0) is 26.1 Å². The van der Waals surface area contributed by atoms with Crippen LogP contribution in [0.4, 0.5) is 4.79 Å². The number of rotatable bonds is 2. The van der Waals surface area contributed by atoms with Crippen LogP contribution >= 0.6 is 12.2 Å². The van der Waals surface area contributed by atoms with Gasteiger partial charge in [0, 0.05) is 13.1 Å². The van der Waals surface area contributed by atoms with Gasteiger partial charge in [-0.15, -0.1) is 4.99 Å². The van der Waals surface area contributed by atoms with Crippen LogP contribution in [0, 0.1) is 0 Å². The van der Waals surface area contributed by atoms with E-state index in [1.807, 2.05) is 19.0 Å². The summed E-state index contributed by atoms with van der Waals surface area (Å²) in [6.45, 7) is 5.10. The Hall–Kier alpha value is -0.730. The molecule has 0 bridgehead atoms. The van der Waals surface area contributed by atoms with Crippen molar-refractivity contribution in [3.05, 3.63) is 0 Å². The molecule has 0 aromatic carbocycles. The molecule has 0 N–H and O–H groups in total. The van der Waals surface area contributed by atoms with E-state index >= 15 is 0 Å². The third-order valence-electron chi connectivity index (χ3n) is 1.18. The maximum Gasteiger partial charge on any atom is 0.352 e. The highest BCUT2D eigenvalue weighted by molar-refractivity contribution is 7.78. The van der Waals surface area contributed by atoms with Crippen molar-refractivity contribution in [3.8, 4) is 0 Å². The van der Waals surface area contributed by atoms with Crippen molar-refractivity contribution < 1.29 is 4.79 Å². The fourth-order valence-electron chi connectivity index (χ4n) is 0.604. The maximum atomic E-state index is 10.8. The number of hydrogen-bond donors (Lipinski definition) is 0. The normalized spacial score (nSPS) is 8.20. The third kappa shape index (κ3) is 2.71. The van der Waals surface area contributed by atoms with Crippen LogP contribution in [0.5, 0.6) is 0 Å². The van der Waals surface area contributed by atoms with Crippen molar-refractivity contribution in [3.63, 3.8) is 0 Å². The second kappa shape index (κ2) is 5.09. The van der Waals surface area contributed by atoms with Gasteiger partial charge in [-0.1, -0.05) is 0 Å². The Morgan fingerprint density at radius 2 is 2.10 bits per heavy atom. The average molecular weight is 158 g/mol. The van der Waals surface area contributed by atoms with Crippen molar-refractivity contribution in [2.45, 2.75) is 13.8 Å². The van der Waals surface area contributed by atoms with Crippen molar-refractivity contribution in [2.75, 3.05) is 13.1 Å². The number of carbonyl (C=O) groups is 1. The van der Waals surface area contributed by atoms with Gasteiger partial charge in [0.05, 0.1) is 5.16 Å². The monoisotopic (exact) mass is 158 g/mol. The predicted molar refractivity (Wildman–Crippen MR) is 43.3 cm³/mol. The van der Waals surface area contributed by atoms with Gasteiger partial charge in [-0.25, -0.2) is 4.79 Å². The molecule has 0 radical (unpaired) electrons. The number of hydrogen-bond acceptors (Lipinski definition) is 2. The highest BCUT2D eigenvalue weighted by Gasteiger charge is 2.04. The molecule has 0 heterocycles. The topological polar surface area (TPSA) is 32.7 Å². The minimum atomic E-state index is -0.306. The Labute approximate surface area is 65.7 Å². The molecule has 4 heteroatoms. The highest BCUT2D eigenvalue weighted by Crippen LogP contribution is 1.90. The number of aliphatic imine (C=N–C) groups is 1. The molecule has 0 aromatic heterocycles. The molecule has 10 heavy (non-hydrogen) atoms. The summed E-state index contributed by atoms with van der Waals surface area (Å²) in [5.41, 5.74) is 0. The predicted octanol–water partition coefficient (Wildman–Crippen LogP) is 1.55. The van der Waals surface area contributed by atoms with Crippen LogP contribution in [-0.2, 0) is 0 Å². The molecule has 3 nitrogen and oxygen atoms in total. The molecule has 0 saturated carbocycles. The number of carbonyl (C=O) groups excluding carboxylic acids is 1. The second-order valence-electron chi connectivity index (χ2n) is 1.66. The van der Waals surface area contributed by atoms with Crippen LogP contribution < -0.4 is 0 Å². The molecular weight excluding hydrogens is 148 g/mol. The molecule has 0 unspecified atom stereocenters. The van der Waals surface area contributed by atoms with Gasteiger partial charge in [-0.2, -0.15) is 0 Å². The van der Waals surface area contributed by atoms with Crippen molar-refractivity contribution >= 4 is 23.4 Å². The van der Waals surface area contributed by atoms with E-state index in [1.165, 1.54) is 0 Å². The van der Waals surface area contributed by atoms with Crippen LogP contribution in [0.3, 0.4) is 0 Å². The molecular formula is C6H10N2OS. The van der Waals surface area contributed by atoms with Crippen LogP contribution in [0.1, 0.15) is 13.8 Å². The Morgan fingerprint density at radius 1 is 1.60 bits per heavy atom. The Balaban J connectivity index is 4.01. The largest absolute Gasteiger partial charge is 0.352 e. The minimum absolute atomic E-state index is 0.306. The van der Waals surface area contributed by atoms with E-state index in [-0.39, 0.29) is 6.03 Å². The zero-order valence-corrected chi connectivity index (χ0v) is 6.94. The first-order chi connectivity index (χ1) is 4.76. The fourth-order valence-corrected chi connectivity index (χ4v) is 0.682. The minimum Gasteiger partial charge on any atom is -0.323 e. The fraction of sp³-hybridized carbons (Fsp3) is 0.667. The molecule has 0 atom stereocenters. The zero-order valence-electron chi connectivity index (χ0n) is 6.13. The molecule has 0 aromatic rings. The smallest absolute Gasteiger partial charge is 0.323 e. The van der Waals surface area contributed by atoms with Gasteiger partial charge in [0.25, 0.3) is 0 Å². The molecule has 56 valence electrons. The summed E-state index contributed by atoms with van der Waals surface area (Å²) < 4.78 is 0. The van der Waals surface area contributed by atoms with E-state index in [9.17, 15) is 4.79 Å². The first-order valence-electron chi connectivity index (χ1n) is 3.13. The van der Waals surface area contributed by atoms with Gasteiger partial charge in [0.15, 0.2) is 0 Å². The van der Waals surface area contributed by atoms with Crippen LogP contribution in [0.2, 0.25) is 0 Å². The molecule has 0 aliphatic heterocycles. The molecule has 2 amide bonds. The standard InChI is InChI=1S/C6H10N2OS/c1-3-8(4-2)6(9)7-5-10/h3-4H2,1-2H3. The quantitative estimate of drug-likeness (QED) is 0.451. The van der Waals surface area contributed by atoms with E-state index in [0.717, 1.165) is 0 Å². The molecule has 0 fully saturated rings. The first-order valence-corrected chi connectivity index (χ1v) is 3.53. The average Bonchev–Trinajstić information content (AvgIpc) is 1.91. The summed E-state index contributed by atoms with van der Waals surface area (Å²) in [6, 6.07) is -0.306. The number of thiocarbonyl (C=S) groups is 1. The van der Waals surface area contributed by atoms with E-state index in [2.05, 4.69) is 17.2 Å². The van der Waals surface area contributed by atoms with Gasteiger partial charge >= 0.3 is 6.03 Å². The zero-order chi connectivity index (χ0) is 7.98. The number of isothiocyanates is 1. The van der Waals surface area contributed by atoms with Crippen LogP contribution in [-0.4, -0.2) is 29.2 Å². The lowest BCUT2D eigenvalue weighted by atomic mass is 10.5. The summed E-state index contributed by atoms with van der Waals surface area (Å²) in [4.78, 5) is 15.7.